The number of aryl methyl sites for hydroxylation is 1. The van der Waals surface area contributed by atoms with Crippen LogP contribution in [-0.4, -0.2) is 23.6 Å². The summed E-state index contributed by atoms with van der Waals surface area (Å²) >= 11 is 7.61. The minimum absolute atomic E-state index is 0.00449. The molecule has 0 atom stereocenters. The molecule has 0 fully saturated rings. The van der Waals surface area contributed by atoms with Crippen LogP contribution in [0, 0.1) is 6.92 Å². The van der Waals surface area contributed by atoms with Crippen LogP contribution < -0.4 is 4.80 Å². The summed E-state index contributed by atoms with van der Waals surface area (Å²) in [4.78, 5) is 29.5. The zero-order valence-electron chi connectivity index (χ0n) is 17.1. The molecule has 1 heterocycles. The Labute approximate surface area is 178 Å². The summed E-state index contributed by atoms with van der Waals surface area (Å²) in [5.41, 5.74) is 3.25. The highest BCUT2D eigenvalue weighted by atomic mass is 35.5. The zero-order chi connectivity index (χ0) is 21.3. The first kappa shape index (κ1) is 21.3. The maximum absolute atomic E-state index is 12.8. The fourth-order valence-electron chi connectivity index (χ4n) is 3.01. The predicted molar refractivity (Wildman–Crippen MR) is 117 cm³/mol. The van der Waals surface area contributed by atoms with Crippen LogP contribution in [0.25, 0.3) is 10.2 Å². The molecule has 1 amide bonds. The van der Waals surface area contributed by atoms with Crippen LogP contribution in [-0.2, 0) is 21.5 Å². The summed E-state index contributed by atoms with van der Waals surface area (Å²) in [5.74, 6) is -0.785. The normalized spacial score (nSPS) is 12.4. The van der Waals surface area contributed by atoms with E-state index in [2.05, 4.69) is 25.8 Å². The van der Waals surface area contributed by atoms with Gasteiger partial charge in [-0.15, -0.1) is 0 Å². The number of carbonyl (C=O) groups is 2. The number of amides is 1. The minimum atomic E-state index is -0.424. The number of methoxy groups -OCH3 is 1. The standard InChI is InChI=1S/C22H23ClN2O3S/c1-13-16(23)10-11-17-19(13)25(12-18(26)28-5)21(29-17)24-20(27)14-6-8-15(9-7-14)22(2,3)4/h6-11H,12H2,1-5H3. The van der Waals surface area contributed by atoms with E-state index in [1.807, 2.05) is 25.1 Å². The quantitative estimate of drug-likeness (QED) is 0.556. The van der Waals surface area contributed by atoms with E-state index in [0.717, 1.165) is 21.3 Å². The van der Waals surface area contributed by atoms with E-state index in [1.165, 1.54) is 18.4 Å². The monoisotopic (exact) mass is 430 g/mol. The average molecular weight is 431 g/mol. The molecule has 0 spiro atoms. The molecule has 152 valence electrons. The summed E-state index contributed by atoms with van der Waals surface area (Å²) in [6.45, 7) is 8.19. The lowest BCUT2D eigenvalue weighted by molar-refractivity contribution is -0.141. The van der Waals surface area contributed by atoms with Gasteiger partial charge in [-0.3, -0.25) is 9.59 Å². The van der Waals surface area contributed by atoms with Crippen LogP contribution in [0.5, 0.6) is 0 Å². The number of esters is 1. The molecular weight excluding hydrogens is 408 g/mol. The molecule has 29 heavy (non-hydrogen) atoms. The molecular formula is C22H23ClN2O3S. The van der Waals surface area contributed by atoms with Gasteiger partial charge in [0.25, 0.3) is 5.91 Å². The molecule has 0 saturated heterocycles. The third-order valence-electron chi connectivity index (χ3n) is 4.74. The van der Waals surface area contributed by atoms with Crippen molar-refractivity contribution in [3.63, 3.8) is 0 Å². The van der Waals surface area contributed by atoms with Crippen molar-refractivity contribution in [3.8, 4) is 0 Å². The molecule has 5 nitrogen and oxygen atoms in total. The zero-order valence-corrected chi connectivity index (χ0v) is 18.6. The van der Waals surface area contributed by atoms with Crippen LogP contribution in [0.2, 0.25) is 5.02 Å². The van der Waals surface area contributed by atoms with Crippen molar-refractivity contribution in [1.82, 2.24) is 4.57 Å². The van der Waals surface area contributed by atoms with Crippen molar-refractivity contribution in [2.24, 2.45) is 4.99 Å². The van der Waals surface area contributed by atoms with Crippen LogP contribution in [0.15, 0.2) is 41.4 Å². The molecule has 0 unspecified atom stereocenters. The van der Waals surface area contributed by atoms with E-state index in [9.17, 15) is 9.59 Å². The maximum atomic E-state index is 12.8. The predicted octanol–water partition coefficient (Wildman–Crippen LogP) is 4.88. The van der Waals surface area contributed by atoms with Crippen molar-refractivity contribution < 1.29 is 14.3 Å². The van der Waals surface area contributed by atoms with Gasteiger partial charge >= 0.3 is 5.97 Å². The highest BCUT2D eigenvalue weighted by molar-refractivity contribution is 7.16. The fourth-order valence-corrected chi connectivity index (χ4v) is 4.25. The lowest BCUT2D eigenvalue weighted by Gasteiger charge is -2.18. The molecule has 0 saturated carbocycles. The van der Waals surface area contributed by atoms with E-state index in [4.69, 9.17) is 16.3 Å². The van der Waals surface area contributed by atoms with Gasteiger partial charge in [-0.05, 0) is 47.7 Å². The summed E-state index contributed by atoms with van der Waals surface area (Å²) in [7, 11) is 1.33. The Kier molecular flexibility index (Phi) is 5.96. The van der Waals surface area contributed by atoms with Gasteiger partial charge in [0.1, 0.15) is 6.54 Å². The number of ether oxygens (including phenoxy) is 1. The topological polar surface area (TPSA) is 60.7 Å². The molecule has 2 aromatic carbocycles. The highest BCUT2D eigenvalue weighted by Gasteiger charge is 2.17. The van der Waals surface area contributed by atoms with Gasteiger partial charge in [0.15, 0.2) is 4.80 Å². The SMILES string of the molecule is COC(=O)Cn1c(=NC(=O)c2ccc(C(C)(C)C)cc2)sc2ccc(Cl)c(C)c21. The first-order chi connectivity index (χ1) is 13.6. The number of hydrogen-bond acceptors (Lipinski definition) is 4. The second kappa shape index (κ2) is 8.13. The molecule has 0 aliphatic rings. The Hall–Kier alpha value is -2.44. The number of rotatable bonds is 3. The minimum Gasteiger partial charge on any atom is -0.468 e. The number of halogens is 1. The largest absolute Gasteiger partial charge is 0.468 e. The molecule has 0 N–H and O–H groups in total. The van der Waals surface area contributed by atoms with Crippen LogP contribution in [0.1, 0.15) is 42.3 Å². The molecule has 1 aromatic heterocycles. The van der Waals surface area contributed by atoms with Gasteiger partial charge in [0.2, 0.25) is 0 Å². The number of carbonyl (C=O) groups excluding carboxylic acids is 2. The lowest BCUT2D eigenvalue weighted by Crippen LogP contribution is -2.22. The smallest absolute Gasteiger partial charge is 0.325 e. The Morgan fingerprint density at radius 3 is 2.38 bits per heavy atom. The number of aromatic nitrogens is 1. The van der Waals surface area contributed by atoms with Gasteiger partial charge in [-0.2, -0.15) is 4.99 Å². The van der Waals surface area contributed by atoms with E-state index in [-0.39, 0.29) is 17.9 Å². The van der Waals surface area contributed by atoms with E-state index in [1.54, 1.807) is 22.8 Å². The lowest BCUT2D eigenvalue weighted by atomic mass is 9.87. The first-order valence-corrected chi connectivity index (χ1v) is 10.4. The van der Waals surface area contributed by atoms with Crippen molar-refractivity contribution in [3.05, 3.63) is 62.9 Å². The summed E-state index contributed by atoms with van der Waals surface area (Å²) in [5, 5.41) is 0.588. The molecule has 0 radical (unpaired) electrons. The third-order valence-corrected chi connectivity index (χ3v) is 6.19. The van der Waals surface area contributed by atoms with Crippen molar-refractivity contribution in [2.45, 2.75) is 39.7 Å². The molecule has 0 aliphatic carbocycles. The number of thiazole rings is 1. The molecule has 0 bridgehead atoms. The Morgan fingerprint density at radius 2 is 1.79 bits per heavy atom. The van der Waals surface area contributed by atoms with Crippen LogP contribution in [0.4, 0.5) is 0 Å². The third kappa shape index (κ3) is 4.43. The van der Waals surface area contributed by atoms with Crippen molar-refractivity contribution in [2.75, 3.05) is 7.11 Å². The number of benzene rings is 2. The number of fused-ring (bicyclic) bond motifs is 1. The van der Waals surface area contributed by atoms with Crippen LogP contribution in [0.3, 0.4) is 0 Å². The van der Waals surface area contributed by atoms with E-state index in [0.29, 0.717) is 15.4 Å². The highest BCUT2D eigenvalue weighted by Crippen LogP contribution is 2.27. The number of hydrogen-bond donors (Lipinski definition) is 0. The summed E-state index contributed by atoms with van der Waals surface area (Å²) in [6.07, 6.45) is 0. The fraction of sp³-hybridized carbons (Fsp3) is 0.318. The van der Waals surface area contributed by atoms with Gasteiger partial charge in [-0.25, -0.2) is 0 Å². The van der Waals surface area contributed by atoms with Crippen LogP contribution >= 0.6 is 22.9 Å². The van der Waals surface area contributed by atoms with Gasteiger partial charge in [-0.1, -0.05) is 55.8 Å². The summed E-state index contributed by atoms with van der Waals surface area (Å²) < 4.78 is 7.40. The summed E-state index contributed by atoms with van der Waals surface area (Å²) in [6, 6.07) is 11.1. The molecule has 7 heteroatoms. The van der Waals surface area contributed by atoms with Crippen molar-refractivity contribution >= 4 is 45.0 Å². The second-order valence-corrected chi connectivity index (χ2v) is 9.23. The Balaban J connectivity index is 2.11. The average Bonchev–Trinajstić information content (AvgIpc) is 3.01. The second-order valence-electron chi connectivity index (χ2n) is 7.81. The molecule has 3 aromatic rings. The Bertz CT molecular complexity index is 1150. The number of nitrogens with zero attached hydrogens (tertiary/aromatic N) is 2. The van der Waals surface area contributed by atoms with Gasteiger partial charge in [0, 0.05) is 10.6 Å². The van der Waals surface area contributed by atoms with E-state index < -0.39 is 5.97 Å². The van der Waals surface area contributed by atoms with E-state index >= 15 is 0 Å². The van der Waals surface area contributed by atoms with Gasteiger partial charge < -0.3 is 9.30 Å². The first-order valence-electron chi connectivity index (χ1n) is 9.16. The maximum Gasteiger partial charge on any atom is 0.325 e. The molecule has 3 rings (SSSR count). The Morgan fingerprint density at radius 1 is 1.14 bits per heavy atom. The molecule has 0 aliphatic heterocycles. The van der Waals surface area contributed by atoms with Crippen molar-refractivity contribution in [1.29, 1.82) is 0 Å². The van der Waals surface area contributed by atoms with Gasteiger partial charge in [0.05, 0.1) is 17.3 Å².